The number of thiocarbonyl (C=S) groups is 1. The van der Waals surface area contributed by atoms with E-state index in [0.29, 0.717) is 5.11 Å². The third-order valence-corrected chi connectivity index (χ3v) is 6.02. The summed E-state index contributed by atoms with van der Waals surface area (Å²) in [6.45, 7) is 6.19. The van der Waals surface area contributed by atoms with Crippen LogP contribution in [0.25, 0.3) is 0 Å². The quantitative estimate of drug-likeness (QED) is 0.570. The number of pyridine rings is 1. The fourth-order valence-corrected chi connectivity index (χ4v) is 4.84. The minimum Gasteiger partial charge on any atom is -0.491 e. The molecular weight excluding hydrogens is 386 g/mol. The number of rotatable bonds is 5. The first-order valence-corrected chi connectivity index (χ1v) is 10.6. The van der Waals surface area contributed by atoms with Gasteiger partial charge in [0.15, 0.2) is 5.11 Å². The van der Waals surface area contributed by atoms with Crippen LogP contribution in [0.15, 0.2) is 60.8 Å². The molecule has 1 aromatic carbocycles. The third kappa shape index (κ3) is 3.75. The lowest BCUT2D eigenvalue weighted by atomic mass is 10.0. The number of anilines is 1. The second-order valence-electron chi connectivity index (χ2n) is 7.11. The highest BCUT2D eigenvalue weighted by Gasteiger charge is 2.41. The SMILES string of the molecule is Cc1ccc(C2C(c3ccccn3)NC(=S)N2c2ccc(OC(C)C)cc2)s1. The van der Waals surface area contributed by atoms with E-state index in [-0.39, 0.29) is 18.2 Å². The van der Waals surface area contributed by atoms with E-state index < -0.39 is 0 Å². The van der Waals surface area contributed by atoms with Gasteiger partial charge in [-0.05, 0) is 81.5 Å². The summed E-state index contributed by atoms with van der Waals surface area (Å²) in [6.07, 6.45) is 1.98. The molecule has 0 saturated carbocycles. The van der Waals surface area contributed by atoms with Crippen molar-refractivity contribution in [1.82, 2.24) is 10.3 Å². The second-order valence-corrected chi connectivity index (χ2v) is 8.81. The van der Waals surface area contributed by atoms with E-state index in [9.17, 15) is 0 Å². The zero-order chi connectivity index (χ0) is 19.7. The Hall–Kier alpha value is -2.44. The molecule has 144 valence electrons. The lowest BCUT2D eigenvalue weighted by molar-refractivity contribution is 0.242. The fourth-order valence-electron chi connectivity index (χ4n) is 3.49. The number of ether oxygens (including phenoxy) is 1. The molecule has 0 spiro atoms. The van der Waals surface area contributed by atoms with Crippen molar-refractivity contribution in [2.75, 3.05) is 4.90 Å². The van der Waals surface area contributed by atoms with Gasteiger partial charge < -0.3 is 15.0 Å². The summed E-state index contributed by atoms with van der Waals surface area (Å²) in [7, 11) is 0. The molecule has 28 heavy (non-hydrogen) atoms. The summed E-state index contributed by atoms with van der Waals surface area (Å²) in [5.74, 6) is 0.863. The molecule has 3 heterocycles. The van der Waals surface area contributed by atoms with Crippen molar-refractivity contribution in [2.24, 2.45) is 0 Å². The van der Waals surface area contributed by atoms with Crippen LogP contribution in [0.3, 0.4) is 0 Å². The van der Waals surface area contributed by atoms with E-state index in [1.54, 1.807) is 11.3 Å². The van der Waals surface area contributed by atoms with Crippen molar-refractivity contribution in [3.63, 3.8) is 0 Å². The number of aromatic nitrogens is 1. The normalized spacial score (nSPS) is 19.1. The minimum atomic E-state index is -0.00154. The van der Waals surface area contributed by atoms with Gasteiger partial charge in [-0.15, -0.1) is 11.3 Å². The number of nitrogens with zero attached hydrogens (tertiary/aromatic N) is 2. The van der Waals surface area contributed by atoms with Gasteiger partial charge in [0.2, 0.25) is 0 Å². The Bertz CT molecular complexity index is 953. The first kappa shape index (κ1) is 18.9. The van der Waals surface area contributed by atoms with Gasteiger partial charge in [0.1, 0.15) is 5.75 Å². The molecule has 2 unspecified atom stereocenters. The van der Waals surface area contributed by atoms with Crippen molar-refractivity contribution in [3.05, 3.63) is 76.2 Å². The highest BCUT2D eigenvalue weighted by molar-refractivity contribution is 7.80. The number of hydrogen-bond acceptors (Lipinski definition) is 4. The molecule has 2 aromatic heterocycles. The summed E-state index contributed by atoms with van der Waals surface area (Å²) in [4.78, 5) is 9.33. The number of thiophene rings is 1. The fraction of sp³-hybridized carbons (Fsp3) is 0.273. The lowest BCUT2D eigenvalue weighted by Gasteiger charge is -2.27. The monoisotopic (exact) mass is 409 g/mol. The highest BCUT2D eigenvalue weighted by atomic mass is 32.1. The average Bonchev–Trinajstić information content (AvgIpc) is 3.26. The third-order valence-electron chi connectivity index (χ3n) is 4.64. The Kier molecular flexibility index (Phi) is 5.33. The summed E-state index contributed by atoms with van der Waals surface area (Å²) in [6, 6.07) is 18.6. The van der Waals surface area contributed by atoms with Gasteiger partial charge in [-0.25, -0.2) is 0 Å². The molecule has 1 aliphatic rings. The van der Waals surface area contributed by atoms with Gasteiger partial charge >= 0.3 is 0 Å². The van der Waals surface area contributed by atoms with E-state index in [4.69, 9.17) is 17.0 Å². The van der Waals surface area contributed by atoms with E-state index in [1.165, 1.54) is 9.75 Å². The van der Waals surface area contributed by atoms with Crippen LogP contribution in [0.1, 0.15) is 41.4 Å². The summed E-state index contributed by atoms with van der Waals surface area (Å²) >= 11 is 7.55. The van der Waals surface area contributed by atoms with E-state index >= 15 is 0 Å². The molecular formula is C22H23N3OS2. The van der Waals surface area contributed by atoms with Crippen molar-refractivity contribution >= 4 is 34.4 Å². The van der Waals surface area contributed by atoms with Crippen LogP contribution in [0, 0.1) is 6.92 Å². The molecule has 2 atom stereocenters. The Balaban J connectivity index is 1.73. The van der Waals surface area contributed by atoms with Gasteiger partial charge in [-0.1, -0.05) is 6.07 Å². The highest BCUT2D eigenvalue weighted by Crippen LogP contribution is 2.43. The zero-order valence-corrected chi connectivity index (χ0v) is 17.8. The molecule has 1 fully saturated rings. The van der Waals surface area contributed by atoms with Gasteiger partial charge in [0.25, 0.3) is 0 Å². The van der Waals surface area contributed by atoms with Crippen LogP contribution in [-0.4, -0.2) is 16.2 Å². The Morgan fingerprint density at radius 2 is 1.89 bits per heavy atom. The van der Waals surface area contributed by atoms with Gasteiger partial charge in [-0.3, -0.25) is 4.98 Å². The zero-order valence-electron chi connectivity index (χ0n) is 16.1. The molecule has 0 amide bonds. The number of hydrogen-bond donors (Lipinski definition) is 1. The molecule has 0 radical (unpaired) electrons. The maximum atomic E-state index is 5.79. The summed E-state index contributed by atoms with van der Waals surface area (Å²) in [5.41, 5.74) is 2.03. The van der Waals surface area contributed by atoms with Crippen molar-refractivity contribution in [1.29, 1.82) is 0 Å². The molecule has 1 saturated heterocycles. The Morgan fingerprint density at radius 1 is 1.11 bits per heavy atom. The van der Waals surface area contributed by atoms with Crippen LogP contribution in [0.5, 0.6) is 5.75 Å². The van der Waals surface area contributed by atoms with Crippen molar-refractivity contribution < 1.29 is 4.74 Å². The van der Waals surface area contributed by atoms with Crippen molar-refractivity contribution in [3.8, 4) is 5.75 Å². The Morgan fingerprint density at radius 3 is 2.50 bits per heavy atom. The molecule has 0 aliphatic carbocycles. The predicted octanol–water partition coefficient (Wildman–Crippen LogP) is 5.42. The maximum Gasteiger partial charge on any atom is 0.174 e. The van der Waals surface area contributed by atoms with Crippen molar-refractivity contribution in [2.45, 2.75) is 39.0 Å². The maximum absolute atomic E-state index is 5.79. The van der Waals surface area contributed by atoms with E-state index in [0.717, 1.165) is 17.1 Å². The molecule has 4 nitrogen and oxygen atoms in total. The van der Waals surface area contributed by atoms with Crippen LogP contribution >= 0.6 is 23.6 Å². The molecule has 6 heteroatoms. The summed E-state index contributed by atoms with van der Waals surface area (Å²) < 4.78 is 5.79. The number of nitrogens with one attached hydrogen (secondary N) is 1. The molecule has 1 N–H and O–H groups in total. The van der Waals surface area contributed by atoms with E-state index in [2.05, 4.69) is 52.5 Å². The lowest BCUT2D eigenvalue weighted by Crippen LogP contribution is -2.29. The van der Waals surface area contributed by atoms with Crippen LogP contribution in [0.2, 0.25) is 0 Å². The van der Waals surface area contributed by atoms with Crippen LogP contribution in [0.4, 0.5) is 5.69 Å². The standard InChI is InChI=1S/C22H23N3OS2/c1-14(2)26-17-10-8-16(9-11-17)25-21(19-12-7-15(3)28-19)20(24-22(25)27)18-6-4-5-13-23-18/h4-14,20-21H,1-3H3,(H,24,27). The average molecular weight is 410 g/mol. The molecule has 4 rings (SSSR count). The summed E-state index contributed by atoms with van der Waals surface area (Å²) in [5, 5.41) is 4.21. The number of benzene rings is 1. The largest absolute Gasteiger partial charge is 0.491 e. The number of aryl methyl sites for hydroxylation is 1. The van der Waals surface area contributed by atoms with Gasteiger partial charge in [-0.2, -0.15) is 0 Å². The molecule has 1 aliphatic heterocycles. The topological polar surface area (TPSA) is 37.4 Å². The first-order valence-electron chi connectivity index (χ1n) is 9.36. The smallest absolute Gasteiger partial charge is 0.174 e. The van der Waals surface area contributed by atoms with Gasteiger partial charge in [0, 0.05) is 21.6 Å². The predicted molar refractivity (Wildman–Crippen MR) is 119 cm³/mol. The van der Waals surface area contributed by atoms with E-state index in [1.807, 2.05) is 44.3 Å². The second kappa shape index (κ2) is 7.89. The molecule has 0 bridgehead atoms. The van der Waals surface area contributed by atoms with Crippen LogP contribution in [-0.2, 0) is 0 Å². The van der Waals surface area contributed by atoms with Crippen LogP contribution < -0.4 is 15.0 Å². The minimum absolute atomic E-state index is 0.00154. The van der Waals surface area contributed by atoms with Gasteiger partial charge in [0.05, 0.1) is 23.9 Å². The Labute approximate surface area is 175 Å². The molecule has 3 aromatic rings. The first-order chi connectivity index (χ1) is 13.5.